The van der Waals surface area contributed by atoms with Gasteiger partial charge in [0.2, 0.25) is 0 Å². The molecule has 0 aliphatic carbocycles. The Morgan fingerprint density at radius 1 is 1.47 bits per heavy atom. The summed E-state index contributed by atoms with van der Waals surface area (Å²) < 4.78 is 33.0. The lowest BCUT2D eigenvalue weighted by Crippen LogP contribution is -2.40. The molecule has 0 aromatic rings. The van der Waals surface area contributed by atoms with E-state index >= 15 is 0 Å². The van der Waals surface area contributed by atoms with E-state index in [2.05, 4.69) is 9.50 Å². The third-order valence-corrected chi connectivity index (χ3v) is 2.85. The maximum atomic E-state index is 10.3. The van der Waals surface area contributed by atoms with Gasteiger partial charge in [-0.25, -0.2) is 4.18 Å². The molecule has 0 spiro atoms. The molecule has 0 amide bonds. The lowest BCUT2D eigenvalue weighted by molar-refractivity contribution is 0.0800. The molecule has 0 saturated heterocycles. The van der Waals surface area contributed by atoms with Crippen molar-refractivity contribution in [2.24, 2.45) is 11.7 Å². The van der Waals surface area contributed by atoms with E-state index in [1.807, 2.05) is 13.8 Å². The van der Waals surface area contributed by atoms with Crippen molar-refractivity contribution in [3.8, 4) is 0 Å². The van der Waals surface area contributed by atoms with Crippen molar-refractivity contribution < 1.29 is 22.3 Å². The smallest absolute Gasteiger partial charge is 0.391 e. The van der Waals surface area contributed by atoms with Gasteiger partial charge in [-0.15, -0.1) is 0 Å². The van der Waals surface area contributed by atoms with E-state index in [-0.39, 0.29) is 12.0 Å². The lowest BCUT2D eigenvalue weighted by atomic mass is 9.96. The van der Waals surface area contributed by atoms with Crippen molar-refractivity contribution in [1.82, 2.24) is 5.32 Å². The molecule has 0 bridgehead atoms. The maximum Gasteiger partial charge on any atom is 0.397 e. The fourth-order valence-corrected chi connectivity index (χ4v) is 1.68. The molecule has 3 atom stereocenters. The molecule has 0 rings (SSSR count). The van der Waals surface area contributed by atoms with Crippen molar-refractivity contribution in [3.05, 3.63) is 0 Å². The maximum absolute atomic E-state index is 10.3. The number of hydrogen-bond acceptors (Lipinski definition) is 6. The second-order valence-electron chi connectivity index (χ2n) is 4.05. The summed E-state index contributed by atoms with van der Waals surface area (Å²) in [6.45, 7) is 4.81. The highest BCUT2D eigenvalue weighted by Gasteiger charge is 2.18. The van der Waals surface area contributed by atoms with Crippen LogP contribution in [0.15, 0.2) is 0 Å². The summed E-state index contributed by atoms with van der Waals surface area (Å²) in [5.74, 6) is 0.00838. The Labute approximate surface area is 102 Å². The molecule has 17 heavy (non-hydrogen) atoms. The monoisotopic (exact) mass is 270 g/mol. The van der Waals surface area contributed by atoms with Crippen molar-refractivity contribution in [2.45, 2.75) is 32.4 Å². The van der Waals surface area contributed by atoms with Crippen LogP contribution in [-0.4, -0.2) is 49.9 Å². The average Bonchev–Trinajstić information content (AvgIpc) is 2.22. The molecule has 3 unspecified atom stereocenters. The van der Waals surface area contributed by atoms with Crippen LogP contribution in [0.5, 0.6) is 0 Å². The third kappa shape index (κ3) is 9.45. The molecule has 0 radical (unpaired) electrons. The Bertz CT molecular complexity index is 296. The molecule has 0 aliphatic rings. The molecule has 5 N–H and O–H groups in total. The van der Waals surface area contributed by atoms with Gasteiger partial charge in [-0.1, -0.05) is 13.8 Å². The zero-order valence-corrected chi connectivity index (χ0v) is 11.0. The molecule has 7 nitrogen and oxygen atoms in total. The first-order chi connectivity index (χ1) is 7.76. The molecular formula is C9H22N2O5S. The Morgan fingerprint density at radius 2 is 2.06 bits per heavy atom. The highest BCUT2D eigenvalue weighted by molar-refractivity contribution is 7.80. The molecule has 104 valence electrons. The SMILES string of the molecule is CCNCC(N)C(C)CC(O)COS(=O)(=O)O. The molecule has 0 aromatic carbocycles. The van der Waals surface area contributed by atoms with Crippen LogP contribution < -0.4 is 11.1 Å². The highest BCUT2D eigenvalue weighted by Crippen LogP contribution is 2.10. The zero-order chi connectivity index (χ0) is 13.5. The average molecular weight is 270 g/mol. The van der Waals surface area contributed by atoms with Gasteiger partial charge in [-0.2, -0.15) is 8.42 Å². The summed E-state index contributed by atoms with van der Waals surface area (Å²) >= 11 is 0. The molecule has 0 saturated carbocycles. The number of hydrogen-bond donors (Lipinski definition) is 4. The van der Waals surface area contributed by atoms with Crippen LogP contribution in [0, 0.1) is 5.92 Å². The van der Waals surface area contributed by atoms with E-state index in [1.165, 1.54) is 0 Å². The van der Waals surface area contributed by atoms with Gasteiger partial charge in [-0.3, -0.25) is 4.55 Å². The van der Waals surface area contributed by atoms with Crippen molar-refractivity contribution in [3.63, 3.8) is 0 Å². The Kier molecular flexibility index (Phi) is 7.84. The van der Waals surface area contributed by atoms with Crippen LogP contribution in [0.1, 0.15) is 20.3 Å². The topological polar surface area (TPSA) is 122 Å². The summed E-state index contributed by atoms with van der Waals surface area (Å²) in [7, 11) is -4.49. The Hall–Kier alpha value is -0.250. The number of nitrogens with one attached hydrogen (secondary N) is 1. The van der Waals surface area contributed by atoms with Crippen LogP contribution in [0.4, 0.5) is 0 Å². The van der Waals surface area contributed by atoms with E-state index in [9.17, 15) is 13.5 Å². The first kappa shape index (κ1) is 16.8. The first-order valence-electron chi connectivity index (χ1n) is 5.52. The summed E-state index contributed by atoms with van der Waals surface area (Å²) in [6, 6.07) is -0.129. The quantitative estimate of drug-likeness (QED) is 0.402. The fraction of sp³-hybridized carbons (Fsp3) is 1.00. The summed E-state index contributed by atoms with van der Waals surface area (Å²) in [6.07, 6.45) is -0.665. The largest absolute Gasteiger partial charge is 0.397 e. The van der Waals surface area contributed by atoms with Gasteiger partial charge in [0, 0.05) is 12.6 Å². The summed E-state index contributed by atoms with van der Waals surface area (Å²) in [5.41, 5.74) is 5.85. The van der Waals surface area contributed by atoms with E-state index < -0.39 is 23.1 Å². The van der Waals surface area contributed by atoms with Gasteiger partial charge in [0.05, 0.1) is 12.7 Å². The zero-order valence-electron chi connectivity index (χ0n) is 10.2. The minimum Gasteiger partial charge on any atom is -0.391 e. The van der Waals surface area contributed by atoms with Crippen molar-refractivity contribution >= 4 is 10.4 Å². The van der Waals surface area contributed by atoms with Gasteiger partial charge in [0.15, 0.2) is 0 Å². The van der Waals surface area contributed by atoms with E-state index in [0.29, 0.717) is 13.0 Å². The lowest BCUT2D eigenvalue weighted by Gasteiger charge is -2.22. The van der Waals surface area contributed by atoms with Crippen LogP contribution in [-0.2, 0) is 14.6 Å². The minimum absolute atomic E-state index is 0.00838. The number of nitrogens with two attached hydrogens (primary N) is 1. The Morgan fingerprint density at radius 3 is 2.53 bits per heavy atom. The number of aliphatic hydroxyl groups is 1. The van der Waals surface area contributed by atoms with Crippen molar-refractivity contribution in [2.75, 3.05) is 19.7 Å². The Balaban J connectivity index is 3.90. The second-order valence-corrected chi connectivity index (χ2v) is 5.14. The predicted octanol–water partition coefficient (Wildman–Crippen LogP) is -0.870. The van der Waals surface area contributed by atoms with Crippen LogP contribution in [0.2, 0.25) is 0 Å². The standard InChI is InChI=1S/C9H22N2O5S/c1-3-11-5-9(10)7(2)4-8(12)6-16-17(13,14)15/h7-9,11-12H,3-6,10H2,1-2H3,(H,13,14,15). The summed E-state index contributed by atoms with van der Waals surface area (Å²) in [4.78, 5) is 0. The molecule has 0 fully saturated rings. The molecular weight excluding hydrogens is 248 g/mol. The predicted molar refractivity (Wildman–Crippen MR) is 63.8 cm³/mol. The van der Waals surface area contributed by atoms with E-state index in [4.69, 9.17) is 10.3 Å². The van der Waals surface area contributed by atoms with Crippen molar-refractivity contribution in [1.29, 1.82) is 0 Å². The number of rotatable bonds is 9. The van der Waals surface area contributed by atoms with E-state index in [1.54, 1.807) is 0 Å². The van der Waals surface area contributed by atoms with Gasteiger partial charge in [0.25, 0.3) is 0 Å². The fourth-order valence-electron chi connectivity index (χ4n) is 1.35. The second kappa shape index (κ2) is 7.96. The van der Waals surface area contributed by atoms with Crippen LogP contribution >= 0.6 is 0 Å². The summed E-state index contributed by atoms with van der Waals surface area (Å²) in [5, 5.41) is 12.6. The highest BCUT2D eigenvalue weighted by atomic mass is 32.3. The normalized spacial score (nSPS) is 17.7. The molecule has 0 aliphatic heterocycles. The van der Waals surface area contributed by atoms with Gasteiger partial charge < -0.3 is 16.2 Å². The molecule has 0 heterocycles. The van der Waals surface area contributed by atoms with Gasteiger partial charge in [-0.05, 0) is 18.9 Å². The third-order valence-electron chi connectivity index (χ3n) is 2.41. The number of aliphatic hydroxyl groups excluding tert-OH is 1. The molecule has 8 heteroatoms. The molecule has 0 aromatic heterocycles. The number of likely N-dealkylation sites (N-methyl/N-ethyl adjacent to an activating group) is 1. The van der Waals surface area contributed by atoms with Crippen LogP contribution in [0.25, 0.3) is 0 Å². The van der Waals surface area contributed by atoms with Gasteiger partial charge >= 0.3 is 10.4 Å². The first-order valence-corrected chi connectivity index (χ1v) is 6.89. The van der Waals surface area contributed by atoms with E-state index in [0.717, 1.165) is 6.54 Å². The van der Waals surface area contributed by atoms with Gasteiger partial charge in [0.1, 0.15) is 0 Å². The van der Waals surface area contributed by atoms with Crippen LogP contribution in [0.3, 0.4) is 0 Å². The minimum atomic E-state index is -4.49.